The third-order valence-corrected chi connectivity index (χ3v) is 6.32. The zero-order valence-electron chi connectivity index (χ0n) is 15.8. The summed E-state index contributed by atoms with van der Waals surface area (Å²) >= 11 is 1.75. The van der Waals surface area contributed by atoms with E-state index in [2.05, 4.69) is 64.8 Å². The fraction of sp³-hybridized carbons (Fsp3) is 0.500. The number of benzene rings is 1. The molecule has 26 heavy (non-hydrogen) atoms. The van der Waals surface area contributed by atoms with Crippen molar-refractivity contribution >= 4 is 41.3 Å². The lowest BCUT2D eigenvalue weighted by atomic mass is 9.79. The average Bonchev–Trinajstić information content (AvgIpc) is 3.24. The third kappa shape index (κ3) is 4.97. The lowest BCUT2D eigenvalue weighted by Crippen LogP contribution is -2.44. The summed E-state index contributed by atoms with van der Waals surface area (Å²) in [5.41, 5.74) is 2.80. The second-order valence-corrected chi connectivity index (χ2v) is 8.17. The molecule has 0 aliphatic heterocycles. The van der Waals surface area contributed by atoms with Crippen LogP contribution in [0.25, 0.3) is 0 Å². The van der Waals surface area contributed by atoms with Crippen LogP contribution >= 0.6 is 35.3 Å². The van der Waals surface area contributed by atoms with E-state index in [0.717, 1.165) is 29.8 Å². The highest BCUT2D eigenvalue weighted by Gasteiger charge is 2.35. The fourth-order valence-electron chi connectivity index (χ4n) is 3.66. The van der Waals surface area contributed by atoms with Gasteiger partial charge in [-0.15, -0.1) is 35.3 Å². The van der Waals surface area contributed by atoms with Crippen molar-refractivity contribution < 1.29 is 0 Å². The Morgan fingerprint density at radius 3 is 2.42 bits per heavy atom. The van der Waals surface area contributed by atoms with Crippen molar-refractivity contribution in [2.24, 2.45) is 4.99 Å². The van der Waals surface area contributed by atoms with Gasteiger partial charge in [-0.2, -0.15) is 0 Å². The summed E-state index contributed by atoms with van der Waals surface area (Å²) < 4.78 is 0. The number of hydrogen-bond donors (Lipinski definition) is 2. The number of hydrogen-bond acceptors (Lipinski definition) is 3. The van der Waals surface area contributed by atoms with Gasteiger partial charge < -0.3 is 10.6 Å². The first kappa shape index (κ1) is 21.2. The molecule has 1 aliphatic rings. The maximum Gasteiger partial charge on any atom is 0.191 e. The molecule has 1 heterocycles. The van der Waals surface area contributed by atoms with Crippen LogP contribution in [0.3, 0.4) is 0 Å². The fourth-order valence-corrected chi connectivity index (χ4v) is 4.53. The highest BCUT2D eigenvalue weighted by Crippen LogP contribution is 2.40. The number of aryl methyl sites for hydroxylation is 2. The van der Waals surface area contributed by atoms with Crippen LogP contribution in [0.4, 0.5) is 0 Å². The van der Waals surface area contributed by atoms with Crippen molar-refractivity contribution in [2.75, 3.05) is 13.6 Å². The molecule has 1 fully saturated rings. The zero-order chi connectivity index (χ0) is 17.7. The minimum Gasteiger partial charge on any atom is -0.356 e. The molecule has 0 bridgehead atoms. The Hall–Kier alpha value is -1.15. The Morgan fingerprint density at radius 1 is 1.15 bits per heavy atom. The highest BCUT2D eigenvalue weighted by molar-refractivity contribution is 14.0. The Kier molecular flexibility index (Phi) is 7.88. The molecule has 142 valence electrons. The third-order valence-electron chi connectivity index (χ3n) is 5.24. The molecule has 0 atom stereocenters. The monoisotopic (exact) mass is 484 g/mol. The first-order chi connectivity index (χ1) is 12.1. The second kappa shape index (κ2) is 9.69. The second-order valence-electron chi connectivity index (χ2n) is 6.88. The number of halogens is 1. The Bertz CT molecular complexity index is 701. The highest BCUT2D eigenvalue weighted by atomic mass is 127. The molecule has 4 nitrogen and oxygen atoms in total. The normalized spacial score (nSPS) is 16.2. The minimum atomic E-state index is 0. The van der Waals surface area contributed by atoms with Crippen molar-refractivity contribution in [2.45, 2.75) is 51.5 Å². The van der Waals surface area contributed by atoms with Gasteiger partial charge in [0.05, 0.1) is 12.2 Å². The Morgan fingerprint density at radius 2 is 1.85 bits per heavy atom. The predicted molar refractivity (Wildman–Crippen MR) is 122 cm³/mol. The van der Waals surface area contributed by atoms with Gasteiger partial charge in [-0.25, -0.2) is 4.98 Å². The van der Waals surface area contributed by atoms with E-state index in [0.29, 0.717) is 0 Å². The van der Waals surface area contributed by atoms with E-state index in [1.165, 1.54) is 36.1 Å². The number of rotatable bonds is 5. The molecule has 3 rings (SSSR count). The topological polar surface area (TPSA) is 49.3 Å². The zero-order valence-corrected chi connectivity index (χ0v) is 19.0. The van der Waals surface area contributed by atoms with Crippen molar-refractivity contribution in [3.63, 3.8) is 0 Å². The van der Waals surface area contributed by atoms with Crippen molar-refractivity contribution in [1.82, 2.24) is 15.6 Å². The molecule has 0 spiro atoms. The Labute approximate surface area is 177 Å². The summed E-state index contributed by atoms with van der Waals surface area (Å²) in [5.74, 6) is 0.854. The van der Waals surface area contributed by atoms with Gasteiger partial charge in [0.15, 0.2) is 5.96 Å². The van der Waals surface area contributed by atoms with Gasteiger partial charge >= 0.3 is 0 Å². The Balaban J connectivity index is 0.00000243. The maximum atomic E-state index is 4.59. The number of nitrogens with zero attached hydrogens (tertiary/aromatic N) is 2. The van der Waals surface area contributed by atoms with E-state index in [1.54, 1.807) is 11.3 Å². The molecule has 0 amide bonds. The summed E-state index contributed by atoms with van der Waals surface area (Å²) in [4.78, 5) is 10.3. The number of nitrogens with one attached hydrogen (secondary N) is 2. The molecule has 1 aromatic carbocycles. The summed E-state index contributed by atoms with van der Waals surface area (Å²) in [7, 11) is 1.83. The molecule has 0 radical (unpaired) electrons. The molecule has 2 N–H and O–H groups in total. The van der Waals surface area contributed by atoms with E-state index in [1.807, 2.05) is 7.05 Å². The van der Waals surface area contributed by atoms with Gasteiger partial charge in [-0.3, -0.25) is 4.99 Å². The molecule has 2 aromatic rings. The number of aromatic nitrogens is 1. The molecule has 1 saturated carbocycles. The molecule has 0 saturated heterocycles. The van der Waals surface area contributed by atoms with Crippen LogP contribution in [0, 0.1) is 13.8 Å². The van der Waals surface area contributed by atoms with Crippen LogP contribution < -0.4 is 10.6 Å². The van der Waals surface area contributed by atoms with Crippen LogP contribution in [-0.4, -0.2) is 24.5 Å². The lowest BCUT2D eigenvalue weighted by molar-refractivity contribution is 0.431. The van der Waals surface area contributed by atoms with Crippen LogP contribution in [0.15, 0.2) is 35.3 Å². The smallest absolute Gasteiger partial charge is 0.191 e. The first-order valence-electron chi connectivity index (χ1n) is 9.06. The molecule has 1 aromatic heterocycles. The molecule has 6 heteroatoms. The standard InChI is InChI=1S/C20H28N4S.HI/c1-15-16(2)25-18(24-15)13-22-19(21-3)23-14-20(11-7-8-12-20)17-9-5-4-6-10-17;/h4-6,9-10H,7-8,11-14H2,1-3H3,(H2,21,22,23);1H. The summed E-state index contributed by atoms with van der Waals surface area (Å²) in [6.07, 6.45) is 5.10. The predicted octanol–water partition coefficient (Wildman–Crippen LogP) is 4.55. The van der Waals surface area contributed by atoms with Crippen molar-refractivity contribution in [3.8, 4) is 0 Å². The first-order valence-corrected chi connectivity index (χ1v) is 9.87. The molecular weight excluding hydrogens is 455 g/mol. The van der Waals surface area contributed by atoms with Gasteiger partial charge in [0.1, 0.15) is 5.01 Å². The molecule has 1 aliphatic carbocycles. The summed E-state index contributed by atoms with van der Waals surface area (Å²) in [6.45, 7) is 5.82. The quantitative estimate of drug-likeness (QED) is 0.372. The van der Waals surface area contributed by atoms with Crippen LogP contribution in [0.5, 0.6) is 0 Å². The van der Waals surface area contributed by atoms with E-state index < -0.39 is 0 Å². The van der Waals surface area contributed by atoms with Gasteiger partial charge in [0, 0.05) is 23.9 Å². The van der Waals surface area contributed by atoms with Crippen molar-refractivity contribution in [1.29, 1.82) is 0 Å². The SMILES string of the molecule is CN=C(NCc1nc(C)c(C)s1)NCC1(c2ccccc2)CCCC1.I. The number of aliphatic imine (C=N–C) groups is 1. The van der Waals surface area contributed by atoms with Crippen LogP contribution in [0.1, 0.15) is 46.8 Å². The van der Waals surface area contributed by atoms with Gasteiger partial charge in [-0.1, -0.05) is 43.2 Å². The van der Waals surface area contributed by atoms with E-state index in [4.69, 9.17) is 0 Å². The van der Waals surface area contributed by atoms with Crippen LogP contribution in [-0.2, 0) is 12.0 Å². The largest absolute Gasteiger partial charge is 0.356 e. The lowest BCUT2D eigenvalue weighted by Gasteiger charge is -2.30. The molecular formula is C20H29IN4S. The summed E-state index contributed by atoms with van der Waals surface area (Å²) in [5, 5.41) is 8.07. The summed E-state index contributed by atoms with van der Waals surface area (Å²) in [6, 6.07) is 10.9. The molecule has 0 unspecified atom stereocenters. The van der Waals surface area contributed by atoms with Gasteiger partial charge in [0.2, 0.25) is 0 Å². The van der Waals surface area contributed by atoms with E-state index in [-0.39, 0.29) is 29.4 Å². The van der Waals surface area contributed by atoms with E-state index >= 15 is 0 Å². The minimum absolute atomic E-state index is 0. The van der Waals surface area contributed by atoms with Gasteiger partial charge in [0.25, 0.3) is 0 Å². The maximum absolute atomic E-state index is 4.59. The van der Waals surface area contributed by atoms with E-state index in [9.17, 15) is 0 Å². The number of thiazole rings is 1. The van der Waals surface area contributed by atoms with Crippen molar-refractivity contribution in [3.05, 3.63) is 51.5 Å². The number of guanidine groups is 1. The van der Waals surface area contributed by atoms with Gasteiger partial charge in [-0.05, 0) is 32.3 Å². The van der Waals surface area contributed by atoms with Crippen LogP contribution in [0.2, 0.25) is 0 Å². The average molecular weight is 484 g/mol.